The maximum Gasteiger partial charge on any atom is 0.241 e. The van der Waals surface area contributed by atoms with E-state index in [-0.39, 0.29) is 11.4 Å². The first-order valence-electron chi connectivity index (χ1n) is 6.65. The molecule has 1 heterocycles. The van der Waals surface area contributed by atoms with Crippen LogP contribution in [0.4, 0.5) is 0 Å². The molecule has 0 saturated heterocycles. The van der Waals surface area contributed by atoms with Crippen LogP contribution in [0.15, 0.2) is 33.6 Å². The molecule has 6 nitrogen and oxygen atoms in total. The van der Waals surface area contributed by atoms with Crippen LogP contribution in [-0.2, 0) is 16.6 Å². The van der Waals surface area contributed by atoms with E-state index in [4.69, 9.17) is 13.9 Å². The largest absolute Gasteiger partial charge is 0.493 e. The Kier molecular flexibility index (Phi) is 4.77. The zero-order valence-electron chi connectivity index (χ0n) is 13.0. The van der Waals surface area contributed by atoms with Crippen molar-refractivity contribution in [3.05, 3.63) is 41.3 Å². The molecule has 1 N–H and O–H groups in total. The average molecular weight is 325 g/mol. The quantitative estimate of drug-likeness (QED) is 0.882. The van der Waals surface area contributed by atoms with Gasteiger partial charge in [0.05, 0.1) is 19.1 Å². The van der Waals surface area contributed by atoms with Crippen LogP contribution in [0, 0.1) is 13.8 Å². The van der Waals surface area contributed by atoms with Crippen molar-refractivity contribution in [2.24, 2.45) is 0 Å². The van der Waals surface area contributed by atoms with Gasteiger partial charge in [-0.3, -0.25) is 0 Å². The van der Waals surface area contributed by atoms with Crippen LogP contribution >= 0.6 is 0 Å². The predicted octanol–water partition coefficient (Wildman–Crippen LogP) is 2.39. The van der Waals surface area contributed by atoms with Crippen LogP contribution in [0.2, 0.25) is 0 Å². The lowest BCUT2D eigenvalue weighted by Crippen LogP contribution is -2.23. The lowest BCUT2D eigenvalue weighted by molar-refractivity contribution is 0.354. The number of rotatable bonds is 6. The van der Waals surface area contributed by atoms with Crippen LogP contribution in [0.25, 0.3) is 0 Å². The fourth-order valence-electron chi connectivity index (χ4n) is 2.10. The van der Waals surface area contributed by atoms with Gasteiger partial charge < -0.3 is 13.9 Å². The number of hydrogen-bond donors (Lipinski definition) is 1. The van der Waals surface area contributed by atoms with Crippen molar-refractivity contribution in [3.63, 3.8) is 0 Å². The molecule has 0 aliphatic carbocycles. The summed E-state index contributed by atoms with van der Waals surface area (Å²) < 4.78 is 42.9. The Morgan fingerprint density at radius 1 is 1.09 bits per heavy atom. The van der Waals surface area contributed by atoms with E-state index in [2.05, 4.69) is 4.72 Å². The van der Waals surface area contributed by atoms with Gasteiger partial charge in [0.15, 0.2) is 11.5 Å². The normalized spacial score (nSPS) is 11.5. The van der Waals surface area contributed by atoms with E-state index in [9.17, 15) is 8.42 Å². The summed E-state index contributed by atoms with van der Waals surface area (Å²) in [5.74, 6) is 2.29. The Hall–Kier alpha value is -1.99. The van der Waals surface area contributed by atoms with Crippen molar-refractivity contribution < 1.29 is 22.3 Å². The van der Waals surface area contributed by atoms with Crippen LogP contribution in [0.3, 0.4) is 0 Å². The monoisotopic (exact) mass is 325 g/mol. The molecule has 0 spiro atoms. The number of ether oxygens (including phenoxy) is 2. The SMILES string of the molecule is COc1ccc(S(=O)(=O)NCc2cc(C)oc2C)cc1OC. The zero-order valence-corrected chi connectivity index (χ0v) is 13.8. The molecule has 0 unspecified atom stereocenters. The summed E-state index contributed by atoms with van der Waals surface area (Å²) in [6.45, 7) is 3.78. The van der Waals surface area contributed by atoms with E-state index in [1.807, 2.05) is 13.0 Å². The Morgan fingerprint density at radius 3 is 2.32 bits per heavy atom. The fraction of sp³-hybridized carbons (Fsp3) is 0.333. The summed E-state index contributed by atoms with van der Waals surface area (Å²) in [6, 6.07) is 6.26. The average Bonchev–Trinajstić information content (AvgIpc) is 2.82. The number of benzene rings is 1. The minimum absolute atomic E-state index is 0.114. The lowest BCUT2D eigenvalue weighted by Gasteiger charge is -2.10. The smallest absolute Gasteiger partial charge is 0.241 e. The molecule has 0 aliphatic rings. The van der Waals surface area contributed by atoms with Gasteiger partial charge in [0.2, 0.25) is 10.0 Å². The van der Waals surface area contributed by atoms with Gasteiger partial charge in [0.1, 0.15) is 11.5 Å². The number of aryl methyl sites for hydroxylation is 2. The van der Waals surface area contributed by atoms with E-state index >= 15 is 0 Å². The molecule has 0 aliphatic heterocycles. The van der Waals surface area contributed by atoms with Gasteiger partial charge >= 0.3 is 0 Å². The molecule has 1 aromatic carbocycles. The summed E-state index contributed by atoms with van der Waals surface area (Å²) in [5.41, 5.74) is 0.807. The summed E-state index contributed by atoms with van der Waals surface area (Å²) in [5, 5.41) is 0. The van der Waals surface area contributed by atoms with Gasteiger partial charge in [-0.05, 0) is 32.0 Å². The Bertz CT molecular complexity index is 764. The summed E-state index contributed by atoms with van der Waals surface area (Å²) in [6.07, 6.45) is 0. The highest BCUT2D eigenvalue weighted by molar-refractivity contribution is 7.89. The molecule has 22 heavy (non-hydrogen) atoms. The van der Waals surface area contributed by atoms with Gasteiger partial charge in [0, 0.05) is 18.2 Å². The van der Waals surface area contributed by atoms with E-state index < -0.39 is 10.0 Å². The second kappa shape index (κ2) is 6.41. The fourth-order valence-corrected chi connectivity index (χ4v) is 3.12. The summed E-state index contributed by atoms with van der Waals surface area (Å²) in [4.78, 5) is 0.114. The Morgan fingerprint density at radius 2 is 1.77 bits per heavy atom. The van der Waals surface area contributed by atoms with Crippen LogP contribution in [0.1, 0.15) is 17.1 Å². The van der Waals surface area contributed by atoms with E-state index in [1.165, 1.54) is 26.4 Å². The van der Waals surface area contributed by atoms with Crippen molar-refractivity contribution >= 4 is 10.0 Å². The number of sulfonamides is 1. The van der Waals surface area contributed by atoms with Gasteiger partial charge in [0.25, 0.3) is 0 Å². The number of furan rings is 1. The molecule has 1 aromatic heterocycles. The van der Waals surface area contributed by atoms with E-state index in [0.29, 0.717) is 17.3 Å². The highest BCUT2D eigenvalue weighted by atomic mass is 32.2. The van der Waals surface area contributed by atoms with Crippen molar-refractivity contribution in [3.8, 4) is 11.5 Å². The molecule has 0 fully saturated rings. The molecule has 0 radical (unpaired) electrons. The highest BCUT2D eigenvalue weighted by Crippen LogP contribution is 2.29. The molecule has 2 rings (SSSR count). The minimum atomic E-state index is -3.65. The van der Waals surface area contributed by atoms with Crippen molar-refractivity contribution in [1.82, 2.24) is 4.72 Å². The van der Waals surface area contributed by atoms with Gasteiger partial charge in [-0.25, -0.2) is 13.1 Å². The number of nitrogens with one attached hydrogen (secondary N) is 1. The van der Waals surface area contributed by atoms with Crippen LogP contribution < -0.4 is 14.2 Å². The Labute approximate surface area is 130 Å². The van der Waals surface area contributed by atoms with E-state index in [0.717, 1.165) is 11.3 Å². The molecular formula is C15H19NO5S. The van der Waals surface area contributed by atoms with Gasteiger partial charge in [-0.2, -0.15) is 0 Å². The van der Waals surface area contributed by atoms with Crippen LogP contribution in [-0.4, -0.2) is 22.6 Å². The van der Waals surface area contributed by atoms with Crippen molar-refractivity contribution in [2.45, 2.75) is 25.3 Å². The molecule has 0 amide bonds. The first-order valence-corrected chi connectivity index (χ1v) is 8.13. The molecule has 7 heteroatoms. The van der Waals surface area contributed by atoms with Crippen LogP contribution in [0.5, 0.6) is 11.5 Å². The third-order valence-corrected chi connectivity index (χ3v) is 4.66. The van der Waals surface area contributed by atoms with E-state index in [1.54, 1.807) is 13.0 Å². The highest BCUT2D eigenvalue weighted by Gasteiger charge is 2.17. The standard InChI is InChI=1S/C15H19NO5S/c1-10-7-12(11(2)21-10)9-16-22(17,18)13-5-6-14(19-3)15(8-13)20-4/h5-8,16H,9H2,1-4H3. The topological polar surface area (TPSA) is 77.8 Å². The number of hydrogen-bond acceptors (Lipinski definition) is 5. The second-order valence-electron chi connectivity index (χ2n) is 4.78. The molecule has 0 bridgehead atoms. The van der Waals surface area contributed by atoms with Crippen molar-refractivity contribution in [1.29, 1.82) is 0 Å². The molecule has 0 saturated carbocycles. The Balaban J connectivity index is 2.21. The maximum absolute atomic E-state index is 12.4. The molecule has 2 aromatic rings. The molecule has 0 atom stereocenters. The number of methoxy groups -OCH3 is 2. The van der Waals surface area contributed by atoms with Gasteiger partial charge in [-0.1, -0.05) is 0 Å². The third-order valence-electron chi connectivity index (χ3n) is 3.26. The first-order chi connectivity index (χ1) is 10.4. The summed E-state index contributed by atoms with van der Waals surface area (Å²) >= 11 is 0. The third kappa shape index (κ3) is 3.42. The maximum atomic E-state index is 12.4. The first kappa shape index (κ1) is 16.4. The zero-order chi connectivity index (χ0) is 16.3. The lowest BCUT2D eigenvalue weighted by atomic mass is 10.2. The van der Waals surface area contributed by atoms with Crippen molar-refractivity contribution in [2.75, 3.05) is 14.2 Å². The van der Waals surface area contributed by atoms with Gasteiger partial charge in [-0.15, -0.1) is 0 Å². The predicted molar refractivity (Wildman–Crippen MR) is 81.8 cm³/mol. The summed E-state index contributed by atoms with van der Waals surface area (Å²) in [7, 11) is -0.699. The molecule has 120 valence electrons. The second-order valence-corrected chi connectivity index (χ2v) is 6.55. The minimum Gasteiger partial charge on any atom is -0.493 e. The molecular weight excluding hydrogens is 306 g/mol.